The fraction of sp³-hybridized carbons (Fsp3) is 0.286. The quantitative estimate of drug-likeness (QED) is 0.605. The van der Waals surface area contributed by atoms with E-state index in [9.17, 15) is 14.4 Å². The molecule has 0 saturated heterocycles. The van der Waals surface area contributed by atoms with Crippen molar-refractivity contribution < 1.29 is 19.1 Å². The van der Waals surface area contributed by atoms with Gasteiger partial charge in [-0.3, -0.25) is 25.2 Å². The molecule has 7 nitrogen and oxygen atoms in total. The van der Waals surface area contributed by atoms with Crippen LogP contribution in [-0.2, 0) is 16.2 Å². The molecule has 0 bridgehead atoms. The molecule has 1 fully saturated rings. The summed E-state index contributed by atoms with van der Waals surface area (Å²) in [6, 6.07) is 13.9. The number of hydrogen-bond acceptors (Lipinski definition) is 4. The first-order valence-electron chi connectivity index (χ1n) is 9.26. The lowest BCUT2D eigenvalue weighted by Crippen LogP contribution is -2.46. The van der Waals surface area contributed by atoms with Gasteiger partial charge in [-0.15, -0.1) is 0 Å². The maximum Gasteiger partial charge on any atom is 0.269 e. The van der Waals surface area contributed by atoms with Crippen molar-refractivity contribution >= 4 is 29.3 Å². The molecule has 1 saturated carbocycles. The van der Waals surface area contributed by atoms with Gasteiger partial charge in [0.2, 0.25) is 5.91 Å². The molecule has 152 valence electrons. The lowest BCUT2D eigenvalue weighted by atomic mass is 10.1. The van der Waals surface area contributed by atoms with Crippen LogP contribution in [0.5, 0.6) is 5.75 Å². The molecule has 1 aliphatic rings. The highest BCUT2D eigenvalue weighted by Gasteiger charge is 2.38. The summed E-state index contributed by atoms with van der Waals surface area (Å²) in [6.45, 7) is 2.16. The number of carbonyl (C=O) groups excluding carboxylic acids is 3. The van der Waals surface area contributed by atoms with E-state index < -0.39 is 11.8 Å². The zero-order chi connectivity index (χ0) is 20.8. The van der Waals surface area contributed by atoms with Crippen molar-refractivity contribution in [3.63, 3.8) is 0 Å². The molecule has 2 aromatic rings. The van der Waals surface area contributed by atoms with Gasteiger partial charge in [0, 0.05) is 16.5 Å². The van der Waals surface area contributed by atoms with Crippen LogP contribution in [0.2, 0.25) is 5.02 Å². The smallest absolute Gasteiger partial charge is 0.269 e. The Labute approximate surface area is 173 Å². The Morgan fingerprint density at radius 1 is 1.03 bits per heavy atom. The number of ether oxygens (including phenoxy) is 1. The number of carbonyl (C=O) groups is 3. The third kappa shape index (κ3) is 6.22. The van der Waals surface area contributed by atoms with Gasteiger partial charge in [-0.2, -0.15) is 0 Å². The van der Waals surface area contributed by atoms with Gasteiger partial charge in [0.15, 0.2) is 0 Å². The average Bonchev–Trinajstić information content (AvgIpc) is 3.47. The van der Waals surface area contributed by atoms with Crippen molar-refractivity contribution in [1.82, 2.24) is 16.2 Å². The van der Waals surface area contributed by atoms with Gasteiger partial charge < -0.3 is 10.1 Å². The summed E-state index contributed by atoms with van der Waals surface area (Å²) in [5.41, 5.74) is 5.88. The summed E-state index contributed by atoms with van der Waals surface area (Å²) in [5, 5.41) is 3.19. The van der Waals surface area contributed by atoms with Crippen LogP contribution in [0.25, 0.3) is 0 Å². The molecule has 0 aliphatic heterocycles. The zero-order valence-corrected chi connectivity index (χ0v) is 16.7. The fourth-order valence-electron chi connectivity index (χ4n) is 2.68. The van der Waals surface area contributed by atoms with Gasteiger partial charge in [-0.1, -0.05) is 30.7 Å². The van der Waals surface area contributed by atoms with E-state index in [0.29, 0.717) is 28.9 Å². The molecule has 0 heterocycles. The fourth-order valence-corrected chi connectivity index (χ4v) is 2.80. The topological polar surface area (TPSA) is 96.5 Å². The van der Waals surface area contributed by atoms with Gasteiger partial charge in [0.1, 0.15) is 12.4 Å². The van der Waals surface area contributed by atoms with E-state index in [1.165, 1.54) is 0 Å². The van der Waals surface area contributed by atoms with Crippen molar-refractivity contribution in [2.45, 2.75) is 20.0 Å². The zero-order valence-electron chi connectivity index (χ0n) is 15.9. The van der Waals surface area contributed by atoms with Crippen LogP contribution in [0.1, 0.15) is 29.3 Å². The molecule has 29 heavy (non-hydrogen) atoms. The second kappa shape index (κ2) is 9.43. The number of benzene rings is 2. The Hall–Kier alpha value is -3.06. The highest BCUT2D eigenvalue weighted by molar-refractivity contribution is 6.30. The number of hydrazine groups is 1. The minimum absolute atomic E-state index is 0.000392. The third-order valence-electron chi connectivity index (χ3n) is 4.62. The van der Waals surface area contributed by atoms with E-state index in [-0.39, 0.29) is 18.4 Å². The van der Waals surface area contributed by atoms with Gasteiger partial charge in [-0.05, 0) is 54.3 Å². The summed E-state index contributed by atoms with van der Waals surface area (Å²) < 4.78 is 5.65. The van der Waals surface area contributed by atoms with Crippen LogP contribution in [0.3, 0.4) is 0 Å². The van der Waals surface area contributed by atoms with Crippen LogP contribution >= 0.6 is 11.6 Å². The Morgan fingerprint density at radius 3 is 2.31 bits per heavy atom. The van der Waals surface area contributed by atoms with E-state index in [4.69, 9.17) is 16.3 Å². The molecule has 1 aliphatic carbocycles. The Balaban J connectivity index is 1.39. The second-order valence-electron chi connectivity index (χ2n) is 6.98. The lowest BCUT2D eigenvalue weighted by molar-refractivity contribution is -0.127. The standard InChI is InChI=1S/C21H22ClN3O4/c1-13-10-18(13)21(28)23-11-19(26)24-25-20(27)15-4-2-14(3-5-15)12-29-17-8-6-16(22)7-9-17/h2-9,13,18H,10-12H2,1H3,(H,23,28)(H,24,26)(H,25,27). The van der Waals surface area contributed by atoms with Gasteiger partial charge >= 0.3 is 0 Å². The first-order chi connectivity index (χ1) is 13.9. The average molecular weight is 416 g/mol. The predicted octanol–water partition coefficient (Wildman–Crippen LogP) is 2.45. The number of hydrogen-bond donors (Lipinski definition) is 3. The summed E-state index contributed by atoms with van der Waals surface area (Å²) in [5.74, 6) is -0.00639. The monoisotopic (exact) mass is 415 g/mol. The largest absolute Gasteiger partial charge is 0.489 e. The van der Waals surface area contributed by atoms with E-state index in [0.717, 1.165) is 12.0 Å². The molecule has 3 amide bonds. The number of rotatable bonds is 7. The van der Waals surface area contributed by atoms with Crippen LogP contribution in [0.15, 0.2) is 48.5 Å². The third-order valence-corrected chi connectivity index (χ3v) is 4.87. The van der Waals surface area contributed by atoms with Gasteiger partial charge in [0.05, 0.1) is 6.54 Å². The summed E-state index contributed by atoms with van der Waals surface area (Å²) in [6.07, 6.45) is 0.852. The first kappa shape index (κ1) is 20.7. The second-order valence-corrected chi connectivity index (χ2v) is 7.42. The van der Waals surface area contributed by atoms with Crippen LogP contribution in [0, 0.1) is 11.8 Å². The van der Waals surface area contributed by atoms with Crippen LogP contribution < -0.4 is 20.9 Å². The maximum atomic E-state index is 12.1. The Bertz CT molecular complexity index is 884. The van der Waals surface area contributed by atoms with Crippen LogP contribution in [0.4, 0.5) is 0 Å². The molecular formula is C21H22ClN3O4. The minimum atomic E-state index is -0.493. The molecule has 3 rings (SSSR count). The molecule has 2 aromatic carbocycles. The predicted molar refractivity (Wildman–Crippen MR) is 108 cm³/mol. The molecule has 8 heteroatoms. The van der Waals surface area contributed by atoms with E-state index in [1.807, 2.05) is 6.92 Å². The molecule has 2 unspecified atom stereocenters. The maximum absolute atomic E-state index is 12.1. The van der Waals surface area contributed by atoms with E-state index >= 15 is 0 Å². The van der Waals surface area contributed by atoms with Crippen molar-refractivity contribution in [3.05, 3.63) is 64.7 Å². The van der Waals surface area contributed by atoms with E-state index in [2.05, 4.69) is 16.2 Å². The molecule has 0 aromatic heterocycles. The normalized spacial score (nSPS) is 17.2. The van der Waals surface area contributed by atoms with Crippen LogP contribution in [-0.4, -0.2) is 24.3 Å². The van der Waals surface area contributed by atoms with Crippen molar-refractivity contribution in [2.24, 2.45) is 11.8 Å². The molecule has 3 N–H and O–H groups in total. The lowest BCUT2D eigenvalue weighted by Gasteiger charge is -2.09. The highest BCUT2D eigenvalue weighted by atomic mass is 35.5. The number of halogens is 1. The summed E-state index contributed by atoms with van der Waals surface area (Å²) in [7, 11) is 0. The van der Waals surface area contributed by atoms with Crippen molar-refractivity contribution in [3.8, 4) is 5.75 Å². The number of amides is 3. The Kier molecular flexibility index (Phi) is 6.72. The van der Waals surface area contributed by atoms with Crippen molar-refractivity contribution in [2.75, 3.05) is 6.54 Å². The minimum Gasteiger partial charge on any atom is -0.489 e. The molecule has 0 radical (unpaired) electrons. The molecule has 2 atom stereocenters. The van der Waals surface area contributed by atoms with E-state index in [1.54, 1.807) is 48.5 Å². The SMILES string of the molecule is CC1CC1C(=O)NCC(=O)NNC(=O)c1ccc(COc2ccc(Cl)cc2)cc1. The van der Waals surface area contributed by atoms with Gasteiger partial charge in [0.25, 0.3) is 11.8 Å². The highest BCUT2D eigenvalue weighted by Crippen LogP contribution is 2.37. The van der Waals surface area contributed by atoms with Crippen molar-refractivity contribution in [1.29, 1.82) is 0 Å². The first-order valence-corrected chi connectivity index (χ1v) is 9.64. The molecule has 0 spiro atoms. The summed E-state index contributed by atoms with van der Waals surface area (Å²) >= 11 is 5.83. The Morgan fingerprint density at radius 2 is 1.69 bits per heavy atom. The number of nitrogens with one attached hydrogen (secondary N) is 3. The molecular weight excluding hydrogens is 394 g/mol. The summed E-state index contributed by atoms with van der Waals surface area (Å²) in [4.78, 5) is 35.5. The van der Waals surface area contributed by atoms with Gasteiger partial charge in [-0.25, -0.2) is 0 Å².